The lowest BCUT2D eigenvalue weighted by Gasteiger charge is -2.28. The normalized spacial score (nSPS) is 17.0. The number of halogens is 3. The Balaban J connectivity index is 1.56. The number of aliphatic carboxylic acids is 1. The lowest BCUT2D eigenvalue weighted by Crippen LogP contribution is -2.37. The van der Waals surface area contributed by atoms with Crippen molar-refractivity contribution in [1.29, 1.82) is 0 Å². The molecule has 1 aliphatic heterocycles. The summed E-state index contributed by atoms with van der Waals surface area (Å²) in [4.78, 5) is 23.4. The van der Waals surface area contributed by atoms with E-state index in [0.717, 1.165) is 34.4 Å². The molecule has 0 amide bonds. The van der Waals surface area contributed by atoms with Gasteiger partial charge in [-0.05, 0) is 31.5 Å². The van der Waals surface area contributed by atoms with Gasteiger partial charge in [0.15, 0.2) is 0 Å². The Morgan fingerprint density at radius 1 is 1.13 bits per heavy atom. The molecule has 1 unspecified atom stereocenters. The number of carboxylic acids is 1. The zero-order valence-corrected chi connectivity index (χ0v) is 17.0. The van der Waals surface area contributed by atoms with E-state index in [1.165, 1.54) is 6.07 Å². The fourth-order valence-corrected chi connectivity index (χ4v) is 4.28. The number of fused-ring (bicyclic) bond motifs is 1. The highest BCUT2D eigenvalue weighted by Crippen LogP contribution is 2.33. The molecule has 9 heteroatoms. The summed E-state index contributed by atoms with van der Waals surface area (Å²) < 4.78 is 38.4. The molecule has 3 aromatic rings. The molecule has 0 aliphatic carbocycles. The van der Waals surface area contributed by atoms with Crippen molar-refractivity contribution in [2.75, 3.05) is 31.1 Å². The van der Waals surface area contributed by atoms with Crippen molar-refractivity contribution in [1.82, 2.24) is 14.9 Å². The van der Waals surface area contributed by atoms with Crippen LogP contribution in [-0.4, -0.2) is 52.1 Å². The largest absolute Gasteiger partial charge is 0.480 e. The van der Waals surface area contributed by atoms with E-state index < -0.39 is 23.8 Å². The van der Waals surface area contributed by atoms with Crippen molar-refractivity contribution in [3.8, 4) is 0 Å². The first-order chi connectivity index (χ1) is 14.8. The number of hydrogen-bond acceptors (Lipinski definition) is 4. The standard InChI is InChI=1S/C22H23F3N4O2/c1-14-19(16-5-2-3-6-17(16)27-14)20(21(30)31)29-10-4-9-28(11-12-29)18-8-7-15(13-26-18)22(23,24)25/h2-3,5-8,13,20,27H,4,9-12H2,1H3,(H,30,31). The Labute approximate surface area is 177 Å². The number of alkyl halides is 3. The van der Waals surface area contributed by atoms with Crippen LogP contribution in [0.15, 0.2) is 42.6 Å². The lowest BCUT2D eigenvalue weighted by molar-refractivity contribution is -0.143. The third-order valence-corrected chi connectivity index (χ3v) is 5.75. The summed E-state index contributed by atoms with van der Waals surface area (Å²) in [7, 11) is 0. The predicted molar refractivity (Wildman–Crippen MR) is 111 cm³/mol. The van der Waals surface area contributed by atoms with Crippen molar-refractivity contribution < 1.29 is 23.1 Å². The van der Waals surface area contributed by atoms with Gasteiger partial charge in [0.1, 0.15) is 11.9 Å². The van der Waals surface area contributed by atoms with E-state index in [9.17, 15) is 23.1 Å². The third-order valence-electron chi connectivity index (χ3n) is 5.75. The van der Waals surface area contributed by atoms with Gasteiger partial charge in [-0.1, -0.05) is 18.2 Å². The van der Waals surface area contributed by atoms with Crippen molar-refractivity contribution in [2.45, 2.75) is 25.6 Å². The van der Waals surface area contributed by atoms with Crippen LogP contribution >= 0.6 is 0 Å². The van der Waals surface area contributed by atoms with E-state index in [1.54, 1.807) is 0 Å². The fraction of sp³-hybridized carbons (Fsp3) is 0.364. The first-order valence-corrected chi connectivity index (χ1v) is 10.1. The van der Waals surface area contributed by atoms with Gasteiger partial charge in [0.05, 0.1) is 5.56 Å². The summed E-state index contributed by atoms with van der Waals surface area (Å²) in [5.74, 6) is -0.459. The topological polar surface area (TPSA) is 72.5 Å². The van der Waals surface area contributed by atoms with E-state index in [-0.39, 0.29) is 0 Å². The van der Waals surface area contributed by atoms with Gasteiger partial charge in [-0.2, -0.15) is 13.2 Å². The van der Waals surface area contributed by atoms with Crippen LogP contribution in [0.3, 0.4) is 0 Å². The minimum atomic E-state index is -4.42. The summed E-state index contributed by atoms with van der Waals surface area (Å²) in [6, 6.07) is 9.22. The first-order valence-electron chi connectivity index (χ1n) is 10.1. The number of H-pyrrole nitrogens is 1. The van der Waals surface area contributed by atoms with E-state index in [4.69, 9.17) is 0 Å². The summed E-state index contributed by atoms with van der Waals surface area (Å²) in [6.45, 7) is 3.96. The van der Waals surface area contributed by atoms with Crippen LogP contribution in [0, 0.1) is 6.92 Å². The Kier molecular flexibility index (Phi) is 5.62. The Morgan fingerprint density at radius 2 is 1.90 bits per heavy atom. The number of pyridine rings is 1. The highest BCUT2D eigenvalue weighted by Gasteiger charge is 2.33. The number of hydrogen-bond donors (Lipinski definition) is 2. The highest BCUT2D eigenvalue weighted by atomic mass is 19.4. The average Bonchev–Trinajstić information content (AvgIpc) is 2.89. The molecule has 0 saturated carbocycles. The van der Waals surface area contributed by atoms with Crippen molar-refractivity contribution in [2.24, 2.45) is 0 Å². The minimum absolute atomic E-state index is 0.457. The van der Waals surface area contributed by atoms with E-state index in [1.807, 2.05) is 41.0 Å². The van der Waals surface area contributed by atoms with E-state index in [0.29, 0.717) is 38.4 Å². The maximum atomic E-state index is 12.8. The van der Waals surface area contributed by atoms with Gasteiger partial charge in [0.2, 0.25) is 0 Å². The van der Waals surface area contributed by atoms with Crippen LogP contribution in [0.4, 0.5) is 19.0 Å². The molecule has 0 radical (unpaired) electrons. The van der Waals surface area contributed by atoms with Crippen molar-refractivity contribution in [3.05, 3.63) is 59.4 Å². The molecule has 2 N–H and O–H groups in total. The molecule has 2 aromatic heterocycles. The molecule has 1 saturated heterocycles. The Bertz CT molecular complexity index is 1080. The zero-order valence-electron chi connectivity index (χ0n) is 17.0. The summed E-state index contributed by atoms with van der Waals surface area (Å²) in [5.41, 5.74) is 1.68. The van der Waals surface area contributed by atoms with Crippen LogP contribution in [-0.2, 0) is 11.0 Å². The summed E-state index contributed by atoms with van der Waals surface area (Å²) >= 11 is 0. The van der Waals surface area contributed by atoms with Gasteiger partial charge < -0.3 is 15.0 Å². The second-order valence-electron chi connectivity index (χ2n) is 7.73. The molecule has 31 heavy (non-hydrogen) atoms. The molecule has 1 fully saturated rings. The van der Waals surface area contributed by atoms with Crippen LogP contribution in [0.25, 0.3) is 10.9 Å². The number of aromatic nitrogens is 2. The molecule has 3 heterocycles. The Morgan fingerprint density at radius 3 is 2.58 bits per heavy atom. The molecule has 1 aromatic carbocycles. The third kappa shape index (κ3) is 4.23. The second kappa shape index (κ2) is 8.22. The number of aryl methyl sites for hydroxylation is 1. The molecule has 0 bridgehead atoms. The number of carboxylic acid groups (broad SMARTS) is 1. The van der Waals surface area contributed by atoms with Crippen LogP contribution < -0.4 is 4.90 Å². The monoisotopic (exact) mass is 432 g/mol. The van der Waals surface area contributed by atoms with Gasteiger partial charge in [0.25, 0.3) is 0 Å². The van der Waals surface area contributed by atoms with E-state index >= 15 is 0 Å². The molecule has 6 nitrogen and oxygen atoms in total. The quantitative estimate of drug-likeness (QED) is 0.646. The van der Waals surface area contributed by atoms with Gasteiger partial charge in [-0.3, -0.25) is 9.69 Å². The molecule has 0 spiro atoms. The minimum Gasteiger partial charge on any atom is -0.480 e. The van der Waals surface area contributed by atoms with Crippen molar-refractivity contribution in [3.63, 3.8) is 0 Å². The van der Waals surface area contributed by atoms with Crippen LogP contribution in [0.5, 0.6) is 0 Å². The molecule has 164 valence electrons. The fourth-order valence-electron chi connectivity index (χ4n) is 4.28. The second-order valence-corrected chi connectivity index (χ2v) is 7.73. The number of nitrogens with zero attached hydrogens (tertiary/aromatic N) is 3. The highest BCUT2D eigenvalue weighted by molar-refractivity contribution is 5.90. The van der Waals surface area contributed by atoms with Gasteiger partial charge >= 0.3 is 12.1 Å². The maximum Gasteiger partial charge on any atom is 0.417 e. The number of aromatic amines is 1. The predicted octanol–water partition coefficient (Wildman–Crippen LogP) is 4.23. The molecular weight excluding hydrogens is 409 g/mol. The average molecular weight is 432 g/mol. The smallest absolute Gasteiger partial charge is 0.417 e. The van der Waals surface area contributed by atoms with E-state index in [2.05, 4.69) is 9.97 Å². The lowest BCUT2D eigenvalue weighted by atomic mass is 10.0. The SMILES string of the molecule is Cc1[nH]c2ccccc2c1C(C(=O)O)N1CCCN(c2ccc(C(F)(F)F)cn2)CC1. The first kappa shape index (κ1) is 21.2. The van der Waals surface area contributed by atoms with Gasteiger partial charge in [-0.25, -0.2) is 4.98 Å². The van der Waals surface area contributed by atoms with Gasteiger partial charge in [0, 0.05) is 54.5 Å². The molecular formula is C22H23F3N4O2. The van der Waals surface area contributed by atoms with Crippen molar-refractivity contribution >= 4 is 22.7 Å². The van der Waals surface area contributed by atoms with Crippen LogP contribution in [0.1, 0.15) is 29.3 Å². The number of anilines is 1. The van der Waals surface area contributed by atoms with Crippen LogP contribution in [0.2, 0.25) is 0 Å². The zero-order chi connectivity index (χ0) is 22.2. The van der Waals surface area contributed by atoms with Gasteiger partial charge in [-0.15, -0.1) is 0 Å². The summed E-state index contributed by atoms with van der Waals surface area (Å²) in [5, 5.41) is 11.0. The number of benzene rings is 1. The number of para-hydroxylation sites is 1. The molecule has 1 atom stereocenters. The summed E-state index contributed by atoms with van der Waals surface area (Å²) in [6.07, 6.45) is -2.91. The maximum absolute atomic E-state index is 12.8. The molecule has 1 aliphatic rings. The number of carbonyl (C=O) groups is 1. The number of nitrogens with one attached hydrogen (secondary N) is 1. The Hall–Kier alpha value is -3.07. The molecule has 4 rings (SSSR count). The number of rotatable bonds is 4.